The highest BCUT2D eigenvalue weighted by molar-refractivity contribution is 7.20. The van der Waals surface area contributed by atoms with Crippen molar-refractivity contribution >= 4 is 33.5 Å². The van der Waals surface area contributed by atoms with Crippen molar-refractivity contribution < 1.29 is 9.53 Å². The molecule has 0 radical (unpaired) electrons. The van der Waals surface area contributed by atoms with Crippen LogP contribution in [0.4, 0.5) is 0 Å². The number of rotatable bonds is 2. The van der Waals surface area contributed by atoms with Crippen molar-refractivity contribution in [3.05, 3.63) is 40.8 Å². The van der Waals surface area contributed by atoms with E-state index in [-0.39, 0.29) is 5.97 Å². The van der Waals surface area contributed by atoms with E-state index in [9.17, 15) is 4.79 Å². The van der Waals surface area contributed by atoms with E-state index in [1.54, 1.807) is 11.3 Å². The number of benzene rings is 1. The Labute approximate surface area is 98.2 Å². The van der Waals surface area contributed by atoms with Crippen LogP contribution in [0.3, 0.4) is 0 Å². The number of fused-ring (bicyclic) bond motifs is 1. The Morgan fingerprint density at radius 3 is 2.81 bits per heavy atom. The summed E-state index contributed by atoms with van der Waals surface area (Å²) in [6.45, 7) is 2.07. The van der Waals surface area contributed by atoms with Crippen molar-refractivity contribution in [3.63, 3.8) is 0 Å². The lowest BCUT2D eigenvalue weighted by atomic mass is 10.1. The first-order valence-electron chi connectivity index (χ1n) is 4.96. The molecule has 0 unspecified atom stereocenters. The van der Waals surface area contributed by atoms with E-state index in [1.807, 2.05) is 18.2 Å². The molecular weight excluding hydrogens is 220 g/mol. The van der Waals surface area contributed by atoms with Crippen LogP contribution in [-0.4, -0.2) is 13.1 Å². The lowest BCUT2D eigenvalue weighted by molar-refractivity contribution is -0.134. The van der Waals surface area contributed by atoms with Gasteiger partial charge < -0.3 is 4.74 Å². The van der Waals surface area contributed by atoms with Crippen LogP contribution < -0.4 is 0 Å². The molecular formula is C13H12O2S. The standard InChI is InChI=1S/C13H12O2S/c1-9-10-5-3-4-6-12(10)16-11(9)7-8-13(14)15-2/h3-8H,1-2H3/b8-7+. The maximum absolute atomic E-state index is 11.0. The van der Waals surface area contributed by atoms with E-state index in [0.717, 1.165) is 4.88 Å². The van der Waals surface area contributed by atoms with E-state index in [2.05, 4.69) is 23.8 Å². The van der Waals surface area contributed by atoms with Gasteiger partial charge in [0.25, 0.3) is 0 Å². The number of ether oxygens (including phenoxy) is 1. The van der Waals surface area contributed by atoms with Gasteiger partial charge in [0.2, 0.25) is 0 Å². The maximum atomic E-state index is 11.0. The number of methoxy groups -OCH3 is 1. The molecule has 0 N–H and O–H groups in total. The second-order valence-electron chi connectivity index (χ2n) is 3.44. The highest BCUT2D eigenvalue weighted by Gasteiger charge is 2.05. The minimum atomic E-state index is -0.322. The molecule has 2 nitrogen and oxygen atoms in total. The molecule has 0 atom stereocenters. The lowest BCUT2D eigenvalue weighted by Crippen LogP contribution is -1.92. The van der Waals surface area contributed by atoms with Crippen LogP contribution in [-0.2, 0) is 9.53 Å². The molecule has 82 valence electrons. The van der Waals surface area contributed by atoms with Gasteiger partial charge in [-0.25, -0.2) is 4.79 Å². The Morgan fingerprint density at radius 1 is 1.38 bits per heavy atom. The largest absolute Gasteiger partial charge is 0.466 e. The minimum Gasteiger partial charge on any atom is -0.466 e. The molecule has 0 bridgehead atoms. The molecule has 0 fully saturated rings. The first kappa shape index (κ1) is 10.9. The van der Waals surface area contributed by atoms with Crippen LogP contribution in [0, 0.1) is 6.92 Å². The van der Waals surface area contributed by atoms with Crippen molar-refractivity contribution in [2.45, 2.75) is 6.92 Å². The minimum absolute atomic E-state index is 0.322. The number of aryl methyl sites for hydroxylation is 1. The zero-order valence-electron chi connectivity index (χ0n) is 9.19. The Kier molecular flexibility index (Phi) is 3.06. The molecule has 16 heavy (non-hydrogen) atoms. The van der Waals surface area contributed by atoms with Gasteiger partial charge in [-0.3, -0.25) is 0 Å². The molecule has 0 aliphatic heterocycles. The Hall–Kier alpha value is -1.61. The van der Waals surface area contributed by atoms with Crippen molar-refractivity contribution in [1.29, 1.82) is 0 Å². The Bertz CT molecular complexity index is 552. The topological polar surface area (TPSA) is 26.3 Å². The highest BCUT2D eigenvalue weighted by Crippen LogP contribution is 2.31. The first-order chi connectivity index (χ1) is 7.72. The van der Waals surface area contributed by atoms with Crippen LogP contribution in [0.25, 0.3) is 16.2 Å². The van der Waals surface area contributed by atoms with Gasteiger partial charge in [-0.2, -0.15) is 0 Å². The van der Waals surface area contributed by atoms with Crippen LogP contribution in [0.2, 0.25) is 0 Å². The fraction of sp³-hybridized carbons (Fsp3) is 0.154. The fourth-order valence-corrected chi connectivity index (χ4v) is 2.68. The fourth-order valence-electron chi connectivity index (χ4n) is 1.56. The molecule has 1 aromatic carbocycles. The third-order valence-corrected chi connectivity index (χ3v) is 3.69. The van der Waals surface area contributed by atoms with Gasteiger partial charge in [-0.1, -0.05) is 18.2 Å². The van der Waals surface area contributed by atoms with E-state index in [1.165, 1.54) is 28.8 Å². The quantitative estimate of drug-likeness (QED) is 0.586. The van der Waals surface area contributed by atoms with E-state index < -0.39 is 0 Å². The third kappa shape index (κ3) is 1.99. The average Bonchev–Trinajstić information content (AvgIpc) is 2.64. The molecule has 0 saturated carbocycles. The van der Waals surface area contributed by atoms with Gasteiger partial charge in [-0.05, 0) is 30.0 Å². The van der Waals surface area contributed by atoms with Crippen molar-refractivity contribution in [2.24, 2.45) is 0 Å². The smallest absolute Gasteiger partial charge is 0.330 e. The second-order valence-corrected chi connectivity index (χ2v) is 4.53. The van der Waals surface area contributed by atoms with Crippen LogP contribution in [0.15, 0.2) is 30.3 Å². The lowest BCUT2D eigenvalue weighted by Gasteiger charge is -1.91. The van der Waals surface area contributed by atoms with Crippen molar-refractivity contribution in [1.82, 2.24) is 0 Å². The summed E-state index contributed by atoms with van der Waals surface area (Å²) in [5.74, 6) is -0.322. The number of esters is 1. The summed E-state index contributed by atoms with van der Waals surface area (Å²) in [5.41, 5.74) is 1.21. The maximum Gasteiger partial charge on any atom is 0.330 e. The number of thiophene rings is 1. The number of carbonyl (C=O) groups is 1. The van der Waals surface area contributed by atoms with E-state index in [4.69, 9.17) is 0 Å². The van der Waals surface area contributed by atoms with Crippen molar-refractivity contribution in [3.8, 4) is 0 Å². The van der Waals surface area contributed by atoms with Crippen LogP contribution in [0.1, 0.15) is 10.4 Å². The van der Waals surface area contributed by atoms with Gasteiger partial charge in [0.05, 0.1) is 7.11 Å². The van der Waals surface area contributed by atoms with E-state index in [0.29, 0.717) is 0 Å². The summed E-state index contributed by atoms with van der Waals surface area (Å²) in [7, 11) is 1.38. The average molecular weight is 232 g/mol. The Morgan fingerprint density at radius 2 is 2.12 bits per heavy atom. The normalized spacial score (nSPS) is 11.1. The molecule has 0 aliphatic carbocycles. The summed E-state index contributed by atoms with van der Waals surface area (Å²) in [6.07, 6.45) is 3.27. The molecule has 0 saturated heterocycles. The summed E-state index contributed by atoms with van der Waals surface area (Å²) in [5, 5.41) is 1.25. The zero-order valence-corrected chi connectivity index (χ0v) is 10.0. The second kappa shape index (κ2) is 4.49. The SMILES string of the molecule is COC(=O)/C=C/c1sc2ccccc2c1C. The number of hydrogen-bond donors (Lipinski definition) is 0. The molecule has 1 aromatic heterocycles. The predicted molar refractivity (Wildman–Crippen MR) is 67.6 cm³/mol. The summed E-state index contributed by atoms with van der Waals surface area (Å²) in [4.78, 5) is 12.1. The molecule has 3 heteroatoms. The molecule has 2 aromatic rings. The summed E-state index contributed by atoms with van der Waals surface area (Å²) >= 11 is 1.68. The summed E-state index contributed by atoms with van der Waals surface area (Å²) in [6, 6.07) is 8.22. The van der Waals surface area contributed by atoms with Gasteiger partial charge >= 0.3 is 5.97 Å². The van der Waals surface area contributed by atoms with Gasteiger partial charge in [0.15, 0.2) is 0 Å². The van der Waals surface area contributed by atoms with Crippen LogP contribution in [0.5, 0.6) is 0 Å². The zero-order chi connectivity index (χ0) is 11.5. The first-order valence-corrected chi connectivity index (χ1v) is 5.78. The summed E-state index contributed by atoms with van der Waals surface area (Å²) < 4.78 is 5.81. The molecule has 0 aliphatic rings. The number of carbonyl (C=O) groups excluding carboxylic acids is 1. The van der Waals surface area contributed by atoms with Crippen molar-refractivity contribution in [2.75, 3.05) is 7.11 Å². The predicted octanol–water partition coefficient (Wildman–Crippen LogP) is 3.40. The molecule has 0 spiro atoms. The van der Waals surface area contributed by atoms with Gasteiger partial charge in [-0.15, -0.1) is 11.3 Å². The van der Waals surface area contributed by atoms with Gasteiger partial charge in [0.1, 0.15) is 0 Å². The molecule has 1 heterocycles. The Balaban J connectivity index is 2.42. The highest BCUT2D eigenvalue weighted by atomic mass is 32.1. The number of hydrogen-bond acceptors (Lipinski definition) is 3. The van der Waals surface area contributed by atoms with E-state index >= 15 is 0 Å². The third-order valence-electron chi connectivity index (χ3n) is 2.45. The monoisotopic (exact) mass is 232 g/mol. The van der Waals surface area contributed by atoms with Crippen LogP contribution >= 0.6 is 11.3 Å². The molecule has 2 rings (SSSR count). The molecule has 0 amide bonds. The van der Waals surface area contributed by atoms with Gasteiger partial charge in [0, 0.05) is 15.7 Å².